The van der Waals surface area contributed by atoms with E-state index in [2.05, 4.69) is 34.6 Å². The number of hydrogen-bond acceptors (Lipinski definition) is 15. The molecule has 0 amide bonds. The standard InChI is InChI=1S/C85H166O17P2/c1-6-9-12-15-18-21-24-27-29-31-32-33-34-35-36-38-40-45-50-55-60-65-70-84(89)101-80(75-96-83(88)69-64-59-54-49-44-39-37-30-28-25-22-19-16-13-10-7-2)76-99-103(91,92)97-72-79(86)73-98-104(93,94)100-77-81(74-95-82(87)68-63-58-53-48-43-26-23-20-17-14-11-8-3)102-85(90)71-66-61-56-51-46-41-42-47-52-57-62-67-78(4)5/h78-81,86H,6-77H2,1-5H3,(H,91,92)(H,93,94)/t79-,80-,81-/m1/s1. The minimum Gasteiger partial charge on any atom is -0.462 e. The lowest BCUT2D eigenvalue weighted by molar-refractivity contribution is -0.161. The van der Waals surface area contributed by atoms with Gasteiger partial charge >= 0.3 is 39.5 Å². The molecule has 0 saturated heterocycles. The zero-order chi connectivity index (χ0) is 76.2. The Balaban J connectivity index is 5.23. The van der Waals surface area contributed by atoms with Gasteiger partial charge in [-0.1, -0.05) is 407 Å². The predicted molar refractivity (Wildman–Crippen MR) is 428 cm³/mol. The van der Waals surface area contributed by atoms with Crippen molar-refractivity contribution in [3.05, 3.63) is 0 Å². The van der Waals surface area contributed by atoms with Crippen LogP contribution in [0.5, 0.6) is 0 Å². The maximum Gasteiger partial charge on any atom is 0.472 e. The average Bonchev–Trinajstić information content (AvgIpc) is 0.954. The van der Waals surface area contributed by atoms with Crippen molar-refractivity contribution >= 4 is 39.5 Å². The molecule has 0 aliphatic rings. The first kappa shape index (κ1) is 102. The molecule has 0 bridgehead atoms. The Morgan fingerprint density at radius 1 is 0.260 bits per heavy atom. The summed E-state index contributed by atoms with van der Waals surface area (Å²) in [6.45, 7) is 7.36. The van der Waals surface area contributed by atoms with Gasteiger partial charge in [-0.25, -0.2) is 9.13 Å². The first-order valence-corrected chi connectivity index (χ1v) is 47.1. The summed E-state index contributed by atoms with van der Waals surface area (Å²) in [5.41, 5.74) is 0. The van der Waals surface area contributed by atoms with E-state index in [1.165, 1.54) is 283 Å². The number of phosphoric ester groups is 2. The van der Waals surface area contributed by atoms with E-state index in [9.17, 15) is 43.2 Å². The average molecular weight is 1520 g/mol. The molecular formula is C85H166O17P2. The number of ether oxygens (including phenoxy) is 4. The molecule has 618 valence electrons. The Hall–Kier alpha value is -1.94. The van der Waals surface area contributed by atoms with Crippen LogP contribution in [-0.2, 0) is 65.4 Å². The molecular weight excluding hydrogens is 1350 g/mol. The van der Waals surface area contributed by atoms with Crippen molar-refractivity contribution in [2.45, 2.75) is 477 Å². The summed E-state index contributed by atoms with van der Waals surface area (Å²) in [6.07, 6.45) is 70.8. The second kappa shape index (κ2) is 77.8. The molecule has 0 saturated carbocycles. The Morgan fingerprint density at radius 3 is 0.654 bits per heavy atom. The van der Waals surface area contributed by atoms with Gasteiger partial charge in [-0.2, -0.15) is 0 Å². The lowest BCUT2D eigenvalue weighted by atomic mass is 10.0. The van der Waals surface area contributed by atoms with Gasteiger partial charge in [0.25, 0.3) is 0 Å². The first-order valence-electron chi connectivity index (χ1n) is 44.1. The third kappa shape index (κ3) is 78.2. The van der Waals surface area contributed by atoms with Crippen molar-refractivity contribution < 1.29 is 80.2 Å². The van der Waals surface area contributed by atoms with Crippen molar-refractivity contribution in [3.63, 3.8) is 0 Å². The number of unbranched alkanes of at least 4 members (excludes halogenated alkanes) is 57. The van der Waals surface area contributed by atoms with Crippen molar-refractivity contribution in [3.8, 4) is 0 Å². The summed E-state index contributed by atoms with van der Waals surface area (Å²) in [5.74, 6) is -1.34. The van der Waals surface area contributed by atoms with Gasteiger partial charge in [-0.05, 0) is 31.6 Å². The monoisotopic (exact) mass is 1520 g/mol. The second-order valence-corrected chi connectivity index (χ2v) is 34.0. The van der Waals surface area contributed by atoms with E-state index in [1.807, 2.05) is 0 Å². The number of rotatable bonds is 85. The number of hydrogen-bond donors (Lipinski definition) is 3. The van der Waals surface area contributed by atoms with Crippen LogP contribution in [0.4, 0.5) is 0 Å². The summed E-state index contributed by atoms with van der Waals surface area (Å²) in [7, 11) is -9.92. The molecule has 0 fully saturated rings. The largest absolute Gasteiger partial charge is 0.472 e. The van der Waals surface area contributed by atoms with Crippen LogP contribution >= 0.6 is 15.6 Å². The summed E-state index contributed by atoms with van der Waals surface area (Å²) in [4.78, 5) is 73.2. The smallest absolute Gasteiger partial charge is 0.462 e. The lowest BCUT2D eigenvalue weighted by Crippen LogP contribution is -2.30. The van der Waals surface area contributed by atoms with Gasteiger partial charge in [0.1, 0.15) is 19.3 Å². The molecule has 0 radical (unpaired) electrons. The maximum atomic E-state index is 13.1. The molecule has 3 N–H and O–H groups in total. The molecule has 19 heteroatoms. The van der Waals surface area contributed by atoms with Gasteiger partial charge in [0, 0.05) is 25.7 Å². The van der Waals surface area contributed by atoms with Crippen molar-refractivity contribution in [1.82, 2.24) is 0 Å². The molecule has 0 heterocycles. The fourth-order valence-corrected chi connectivity index (χ4v) is 14.9. The Kier molecular flexibility index (Phi) is 76.3. The third-order valence-electron chi connectivity index (χ3n) is 20.0. The number of esters is 4. The molecule has 2 unspecified atom stereocenters. The highest BCUT2D eigenvalue weighted by Gasteiger charge is 2.30. The van der Waals surface area contributed by atoms with Gasteiger partial charge < -0.3 is 33.8 Å². The molecule has 0 aromatic rings. The van der Waals surface area contributed by atoms with Gasteiger partial charge in [-0.15, -0.1) is 0 Å². The second-order valence-electron chi connectivity index (χ2n) is 31.1. The minimum absolute atomic E-state index is 0.107. The topological polar surface area (TPSA) is 237 Å². The predicted octanol–water partition coefficient (Wildman–Crippen LogP) is 26.0. The summed E-state index contributed by atoms with van der Waals surface area (Å²) in [6, 6.07) is 0. The van der Waals surface area contributed by atoms with Crippen LogP contribution in [0.3, 0.4) is 0 Å². The van der Waals surface area contributed by atoms with Crippen molar-refractivity contribution in [2.75, 3.05) is 39.6 Å². The van der Waals surface area contributed by atoms with Gasteiger partial charge in [-0.3, -0.25) is 37.3 Å². The van der Waals surface area contributed by atoms with E-state index in [-0.39, 0.29) is 25.7 Å². The molecule has 104 heavy (non-hydrogen) atoms. The zero-order valence-corrected chi connectivity index (χ0v) is 70.0. The van der Waals surface area contributed by atoms with Crippen LogP contribution in [0.15, 0.2) is 0 Å². The first-order chi connectivity index (χ1) is 50.5. The Bertz CT molecular complexity index is 1980. The van der Waals surface area contributed by atoms with E-state index in [1.54, 1.807) is 0 Å². The third-order valence-corrected chi connectivity index (χ3v) is 21.9. The van der Waals surface area contributed by atoms with E-state index in [0.717, 1.165) is 95.8 Å². The SMILES string of the molecule is CCCCCCCCCCCCCCCCCCCCCCCCC(=O)O[C@H](COC(=O)CCCCCCCCCCCCCCCCCC)COP(=O)(O)OC[C@@H](O)COP(=O)(O)OC[C@@H](COC(=O)CCCCCCCCCCCCCC)OC(=O)CCCCCCCCCCCCCC(C)C. The molecule has 0 aliphatic heterocycles. The number of carbonyl (C=O) groups is 4. The fraction of sp³-hybridized carbons (Fsp3) is 0.953. The molecule has 0 aliphatic carbocycles. The molecule has 0 aromatic carbocycles. The van der Waals surface area contributed by atoms with Crippen molar-refractivity contribution in [1.29, 1.82) is 0 Å². The minimum atomic E-state index is -4.96. The number of phosphoric acid groups is 2. The maximum absolute atomic E-state index is 13.1. The summed E-state index contributed by atoms with van der Waals surface area (Å²) < 4.78 is 68.9. The number of aliphatic hydroxyl groups is 1. The van der Waals surface area contributed by atoms with E-state index >= 15 is 0 Å². The van der Waals surface area contributed by atoms with E-state index in [4.69, 9.17) is 37.0 Å². The van der Waals surface area contributed by atoms with Gasteiger partial charge in [0.15, 0.2) is 12.2 Å². The normalized spacial score (nSPS) is 13.8. The Morgan fingerprint density at radius 2 is 0.442 bits per heavy atom. The highest BCUT2D eigenvalue weighted by Crippen LogP contribution is 2.45. The summed E-state index contributed by atoms with van der Waals surface area (Å²) >= 11 is 0. The molecule has 0 spiro atoms. The number of carbonyl (C=O) groups excluding carboxylic acids is 4. The highest BCUT2D eigenvalue weighted by atomic mass is 31.2. The van der Waals surface area contributed by atoms with Crippen LogP contribution in [-0.4, -0.2) is 96.7 Å². The van der Waals surface area contributed by atoms with Crippen LogP contribution in [0.2, 0.25) is 0 Å². The fourth-order valence-electron chi connectivity index (χ4n) is 13.3. The Labute approximate surface area is 638 Å². The van der Waals surface area contributed by atoms with Crippen LogP contribution in [0.25, 0.3) is 0 Å². The van der Waals surface area contributed by atoms with Crippen LogP contribution in [0.1, 0.15) is 458 Å². The molecule has 0 aromatic heterocycles. The van der Waals surface area contributed by atoms with Gasteiger partial charge in [0.05, 0.1) is 26.4 Å². The van der Waals surface area contributed by atoms with Gasteiger partial charge in [0.2, 0.25) is 0 Å². The van der Waals surface area contributed by atoms with E-state index in [0.29, 0.717) is 25.7 Å². The lowest BCUT2D eigenvalue weighted by Gasteiger charge is -2.21. The molecule has 0 rings (SSSR count). The number of aliphatic hydroxyl groups excluding tert-OH is 1. The van der Waals surface area contributed by atoms with E-state index < -0.39 is 97.5 Å². The zero-order valence-electron chi connectivity index (χ0n) is 68.2. The summed E-state index contributed by atoms with van der Waals surface area (Å²) in [5, 5.41) is 10.7. The highest BCUT2D eigenvalue weighted by molar-refractivity contribution is 7.47. The van der Waals surface area contributed by atoms with Crippen molar-refractivity contribution in [2.24, 2.45) is 5.92 Å². The quantitative estimate of drug-likeness (QED) is 0.0222. The van der Waals surface area contributed by atoms with Crippen LogP contribution < -0.4 is 0 Å². The molecule has 17 nitrogen and oxygen atoms in total. The van der Waals surface area contributed by atoms with Crippen LogP contribution in [0, 0.1) is 5.92 Å². The molecule has 5 atom stereocenters.